The molecule has 2 N–H and O–H groups in total. The van der Waals surface area contributed by atoms with E-state index in [-0.39, 0.29) is 5.91 Å². The van der Waals surface area contributed by atoms with Gasteiger partial charge in [-0.15, -0.1) is 11.3 Å². The van der Waals surface area contributed by atoms with Gasteiger partial charge in [0.15, 0.2) is 0 Å². The van der Waals surface area contributed by atoms with E-state index in [0.29, 0.717) is 18.3 Å². The summed E-state index contributed by atoms with van der Waals surface area (Å²) in [6.45, 7) is 3.54. The smallest absolute Gasteiger partial charge is 0.273 e. The second-order valence-corrected chi connectivity index (χ2v) is 5.10. The van der Waals surface area contributed by atoms with Crippen LogP contribution in [0.25, 0.3) is 0 Å². The third-order valence-electron chi connectivity index (χ3n) is 2.94. The van der Waals surface area contributed by atoms with E-state index in [1.54, 1.807) is 0 Å². The predicted octanol–water partition coefficient (Wildman–Crippen LogP) is 1.27. The highest BCUT2D eigenvalue weighted by atomic mass is 32.1. The van der Waals surface area contributed by atoms with Gasteiger partial charge in [-0.05, 0) is 26.3 Å². The number of hydrogen-bond acceptors (Lipinski definition) is 4. The van der Waals surface area contributed by atoms with Crippen molar-refractivity contribution >= 4 is 17.2 Å². The second-order valence-electron chi connectivity index (χ2n) is 4.15. The van der Waals surface area contributed by atoms with Crippen LogP contribution in [0.2, 0.25) is 0 Å². The van der Waals surface area contributed by atoms with Crippen molar-refractivity contribution in [3.05, 3.63) is 16.1 Å². The zero-order valence-corrected chi connectivity index (χ0v) is 10.3. The van der Waals surface area contributed by atoms with Crippen LogP contribution in [-0.2, 0) is 6.42 Å². The molecule has 4 nitrogen and oxygen atoms in total. The summed E-state index contributed by atoms with van der Waals surface area (Å²) in [4.78, 5) is 18.4. The summed E-state index contributed by atoms with van der Waals surface area (Å²) in [5, 5.41) is 2.80. The molecule has 1 aliphatic heterocycles. The highest BCUT2D eigenvalue weighted by Gasteiger charge is 2.27. The van der Waals surface area contributed by atoms with E-state index in [9.17, 15) is 4.79 Å². The number of likely N-dealkylation sites (tertiary alicyclic amines) is 1. The predicted molar refractivity (Wildman–Crippen MR) is 64.6 cm³/mol. The first-order valence-corrected chi connectivity index (χ1v) is 6.55. The maximum atomic E-state index is 12.1. The molecule has 2 rings (SSSR count). The lowest BCUT2D eigenvalue weighted by molar-refractivity contribution is 0.0742. The normalized spacial score (nSPS) is 20.4. The van der Waals surface area contributed by atoms with E-state index in [2.05, 4.69) is 11.9 Å². The van der Waals surface area contributed by atoms with Gasteiger partial charge in [0.1, 0.15) is 5.69 Å². The molecule has 1 atom stereocenters. The average molecular weight is 239 g/mol. The third kappa shape index (κ3) is 2.25. The number of hydrogen-bond donors (Lipinski definition) is 1. The molecule has 0 saturated carbocycles. The van der Waals surface area contributed by atoms with Crippen LogP contribution in [0.3, 0.4) is 0 Å². The van der Waals surface area contributed by atoms with Crippen LogP contribution in [0.5, 0.6) is 0 Å². The Hall–Kier alpha value is -0.940. The Morgan fingerprint density at radius 3 is 3.19 bits per heavy atom. The largest absolute Gasteiger partial charge is 0.335 e. The maximum absolute atomic E-state index is 12.1. The van der Waals surface area contributed by atoms with Crippen LogP contribution in [0.1, 0.15) is 35.3 Å². The van der Waals surface area contributed by atoms with Crippen LogP contribution < -0.4 is 5.73 Å². The van der Waals surface area contributed by atoms with E-state index in [1.165, 1.54) is 11.3 Å². The van der Waals surface area contributed by atoms with E-state index in [1.807, 2.05) is 10.3 Å². The van der Waals surface area contributed by atoms with Gasteiger partial charge in [0.05, 0.1) is 5.01 Å². The van der Waals surface area contributed by atoms with Crippen molar-refractivity contribution in [1.29, 1.82) is 0 Å². The van der Waals surface area contributed by atoms with Crippen molar-refractivity contribution < 1.29 is 4.79 Å². The van der Waals surface area contributed by atoms with E-state index >= 15 is 0 Å². The molecule has 1 fully saturated rings. The van der Waals surface area contributed by atoms with E-state index < -0.39 is 0 Å². The van der Waals surface area contributed by atoms with Crippen LogP contribution in [0.4, 0.5) is 0 Å². The molecule has 5 heteroatoms. The fourth-order valence-corrected chi connectivity index (χ4v) is 2.82. The van der Waals surface area contributed by atoms with Gasteiger partial charge in [0.25, 0.3) is 5.91 Å². The van der Waals surface area contributed by atoms with Crippen molar-refractivity contribution in [3.8, 4) is 0 Å². The van der Waals surface area contributed by atoms with Crippen molar-refractivity contribution in [2.24, 2.45) is 5.73 Å². The monoisotopic (exact) mass is 239 g/mol. The quantitative estimate of drug-likeness (QED) is 0.864. The number of nitrogens with zero attached hydrogens (tertiary/aromatic N) is 2. The molecule has 0 bridgehead atoms. The molecular weight excluding hydrogens is 222 g/mol. The molecule has 1 aromatic heterocycles. The molecule has 1 saturated heterocycles. The Morgan fingerprint density at radius 1 is 1.75 bits per heavy atom. The SMILES string of the molecule is CC1CCCN1C(=O)c1csc(CCN)n1. The minimum Gasteiger partial charge on any atom is -0.335 e. The molecule has 1 aromatic rings. The number of aromatic nitrogens is 1. The lowest BCUT2D eigenvalue weighted by Gasteiger charge is -2.19. The fourth-order valence-electron chi connectivity index (χ4n) is 2.03. The van der Waals surface area contributed by atoms with E-state index in [0.717, 1.165) is 30.8 Å². The van der Waals surface area contributed by atoms with Gasteiger partial charge in [-0.3, -0.25) is 4.79 Å². The van der Waals surface area contributed by atoms with Gasteiger partial charge < -0.3 is 10.6 Å². The lowest BCUT2D eigenvalue weighted by atomic mass is 10.2. The highest BCUT2D eigenvalue weighted by Crippen LogP contribution is 2.20. The van der Waals surface area contributed by atoms with Gasteiger partial charge in [0, 0.05) is 24.4 Å². The van der Waals surface area contributed by atoms with Crippen LogP contribution in [-0.4, -0.2) is 34.9 Å². The van der Waals surface area contributed by atoms with Crippen LogP contribution >= 0.6 is 11.3 Å². The molecule has 0 aliphatic carbocycles. The number of rotatable bonds is 3. The van der Waals surface area contributed by atoms with E-state index in [4.69, 9.17) is 5.73 Å². The Labute approximate surface area is 99.5 Å². The summed E-state index contributed by atoms with van der Waals surface area (Å²) in [6.07, 6.45) is 2.96. The summed E-state index contributed by atoms with van der Waals surface area (Å²) in [5.41, 5.74) is 6.05. The first-order valence-electron chi connectivity index (χ1n) is 5.68. The topological polar surface area (TPSA) is 59.2 Å². The fraction of sp³-hybridized carbons (Fsp3) is 0.636. The zero-order chi connectivity index (χ0) is 11.5. The van der Waals surface area contributed by atoms with Gasteiger partial charge >= 0.3 is 0 Å². The third-order valence-corrected chi connectivity index (χ3v) is 3.85. The summed E-state index contributed by atoms with van der Waals surface area (Å²) in [7, 11) is 0. The first-order chi connectivity index (χ1) is 7.72. The number of amides is 1. The molecule has 0 radical (unpaired) electrons. The molecule has 1 unspecified atom stereocenters. The summed E-state index contributed by atoms with van der Waals surface area (Å²) < 4.78 is 0. The number of carbonyl (C=O) groups is 1. The Morgan fingerprint density at radius 2 is 2.56 bits per heavy atom. The number of nitrogens with two attached hydrogens (primary N) is 1. The van der Waals surface area contributed by atoms with Gasteiger partial charge in [0.2, 0.25) is 0 Å². The lowest BCUT2D eigenvalue weighted by Crippen LogP contribution is -2.33. The second kappa shape index (κ2) is 4.93. The molecule has 1 amide bonds. The summed E-state index contributed by atoms with van der Waals surface area (Å²) >= 11 is 1.52. The van der Waals surface area contributed by atoms with Crippen molar-refractivity contribution in [1.82, 2.24) is 9.88 Å². The molecule has 1 aliphatic rings. The molecular formula is C11H17N3OS. The Balaban J connectivity index is 2.08. The Bertz CT molecular complexity index is 377. The van der Waals surface area contributed by atoms with Crippen molar-refractivity contribution in [2.75, 3.05) is 13.1 Å². The summed E-state index contributed by atoms with van der Waals surface area (Å²) in [5.74, 6) is 0.0736. The number of carbonyl (C=O) groups excluding carboxylic acids is 1. The molecule has 0 aromatic carbocycles. The zero-order valence-electron chi connectivity index (χ0n) is 9.48. The van der Waals surface area contributed by atoms with Crippen molar-refractivity contribution in [3.63, 3.8) is 0 Å². The number of thiazole rings is 1. The minimum absolute atomic E-state index is 0.0736. The molecule has 2 heterocycles. The molecule has 16 heavy (non-hydrogen) atoms. The van der Waals surface area contributed by atoms with Crippen molar-refractivity contribution in [2.45, 2.75) is 32.2 Å². The van der Waals surface area contributed by atoms with Gasteiger partial charge in [-0.2, -0.15) is 0 Å². The first kappa shape index (κ1) is 11.5. The summed E-state index contributed by atoms with van der Waals surface area (Å²) in [6, 6.07) is 0.354. The van der Waals surface area contributed by atoms with Gasteiger partial charge in [-0.25, -0.2) is 4.98 Å². The maximum Gasteiger partial charge on any atom is 0.273 e. The highest BCUT2D eigenvalue weighted by molar-refractivity contribution is 7.09. The average Bonchev–Trinajstić information content (AvgIpc) is 2.87. The minimum atomic E-state index is 0.0736. The van der Waals surface area contributed by atoms with Gasteiger partial charge in [-0.1, -0.05) is 0 Å². The Kier molecular flexibility index (Phi) is 3.56. The van der Waals surface area contributed by atoms with Crippen LogP contribution in [0, 0.1) is 0 Å². The standard InChI is InChI=1S/C11H17N3OS/c1-8-3-2-6-14(8)11(15)9-7-16-10(13-9)4-5-12/h7-8H,2-6,12H2,1H3. The molecule has 0 spiro atoms. The van der Waals surface area contributed by atoms with Crippen LogP contribution in [0.15, 0.2) is 5.38 Å². The molecule has 88 valence electrons.